The van der Waals surface area contributed by atoms with Gasteiger partial charge in [-0.2, -0.15) is 13.2 Å². The van der Waals surface area contributed by atoms with Gasteiger partial charge >= 0.3 is 6.18 Å². The number of amides is 1. The van der Waals surface area contributed by atoms with E-state index in [-0.39, 0.29) is 18.1 Å². The second kappa shape index (κ2) is 8.33. The van der Waals surface area contributed by atoms with Crippen molar-refractivity contribution >= 4 is 17.4 Å². The van der Waals surface area contributed by atoms with Crippen LogP contribution in [0.1, 0.15) is 42.7 Å². The highest BCUT2D eigenvalue weighted by Crippen LogP contribution is 2.46. The molecule has 1 atom stereocenters. The van der Waals surface area contributed by atoms with Gasteiger partial charge < -0.3 is 9.47 Å². The van der Waals surface area contributed by atoms with Gasteiger partial charge in [-0.25, -0.2) is 0 Å². The lowest BCUT2D eigenvalue weighted by Gasteiger charge is -2.38. The normalized spacial score (nSPS) is 19.2. The van der Waals surface area contributed by atoms with Crippen LogP contribution in [0.25, 0.3) is 0 Å². The number of anilines is 1. The Balaban J connectivity index is 1.81. The molecular formula is C24H22F3NO4. The SMILES string of the molecule is COc1ccc([C@H]2CC(=O)N(c3ccc(C(F)(F)F)cc3)C3=C2C(=O)CCC3)c(OC)c1. The van der Waals surface area contributed by atoms with Crippen LogP contribution in [0.5, 0.6) is 11.5 Å². The highest BCUT2D eigenvalue weighted by molar-refractivity contribution is 6.07. The largest absolute Gasteiger partial charge is 0.497 e. The first-order chi connectivity index (χ1) is 15.2. The van der Waals surface area contributed by atoms with Crippen molar-refractivity contribution in [2.24, 2.45) is 0 Å². The summed E-state index contributed by atoms with van der Waals surface area (Å²) < 4.78 is 49.6. The summed E-state index contributed by atoms with van der Waals surface area (Å²) in [5.41, 5.74) is 1.32. The Hall–Kier alpha value is -3.29. The minimum atomic E-state index is -4.47. The van der Waals surface area contributed by atoms with Gasteiger partial charge in [0.25, 0.3) is 0 Å². The van der Waals surface area contributed by atoms with Gasteiger partial charge in [0, 0.05) is 47.3 Å². The van der Waals surface area contributed by atoms with E-state index in [4.69, 9.17) is 9.47 Å². The molecule has 0 saturated heterocycles. The number of Topliss-reactive ketones (excluding diaryl/α,β-unsaturated/α-hetero) is 1. The maximum Gasteiger partial charge on any atom is 0.416 e. The van der Waals surface area contributed by atoms with Gasteiger partial charge in [-0.3, -0.25) is 14.5 Å². The van der Waals surface area contributed by atoms with E-state index in [9.17, 15) is 22.8 Å². The third-order valence-corrected chi connectivity index (χ3v) is 5.94. The molecule has 0 unspecified atom stereocenters. The summed E-state index contributed by atoms with van der Waals surface area (Å²) >= 11 is 0. The molecule has 32 heavy (non-hydrogen) atoms. The molecule has 0 radical (unpaired) electrons. The van der Waals surface area contributed by atoms with Crippen molar-refractivity contribution < 1.29 is 32.2 Å². The summed E-state index contributed by atoms with van der Waals surface area (Å²) in [5, 5.41) is 0. The van der Waals surface area contributed by atoms with E-state index in [1.165, 1.54) is 31.3 Å². The molecule has 4 rings (SSSR count). The van der Waals surface area contributed by atoms with Gasteiger partial charge in [-0.15, -0.1) is 0 Å². The minimum Gasteiger partial charge on any atom is -0.497 e. The summed E-state index contributed by atoms with van der Waals surface area (Å²) in [6.07, 6.45) is -3.03. The highest BCUT2D eigenvalue weighted by atomic mass is 19.4. The standard InChI is InChI=1S/C24H22F3NO4/c1-31-16-10-11-17(21(12-16)32-2)18-13-22(30)28(19-4-3-5-20(29)23(18)19)15-8-6-14(7-9-15)24(25,26)27/h6-12,18H,3-5,13H2,1-2H3/t18-/m1/s1. The van der Waals surface area contributed by atoms with Crippen molar-refractivity contribution in [2.75, 3.05) is 19.1 Å². The van der Waals surface area contributed by atoms with Crippen molar-refractivity contribution in [3.63, 3.8) is 0 Å². The molecule has 0 bridgehead atoms. The van der Waals surface area contributed by atoms with Crippen LogP contribution in [0.4, 0.5) is 18.9 Å². The zero-order valence-electron chi connectivity index (χ0n) is 17.7. The number of benzene rings is 2. The summed E-state index contributed by atoms with van der Waals surface area (Å²) in [4.78, 5) is 27.6. The molecular weight excluding hydrogens is 423 g/mol. The van der Waals surface area contributed by atoms with E-state index in [0.717, 1.165) is 12.1 Å². The van der Waals surface area contributed by atoms with Crippen LogP contribution in [0.2, 0.25) is 0 Å². The number of carbonyl (C=O) groups is 2. The summed E-state index contributed by atoms with van der Waals surface area (Å²) in [6, 6.07) is 9.69. The number of halogens is 3. The van der Waals surface area contributed by atoms with E-state index in [2.05, 4.69) is 0 Å². The summed E-state index contributed by atoms with van der Waals surface area (Å²) in [5.74, 6) is 0.273. The molecule has 1 aliphatic carbocycles. The third-order valence-electron chi connectivity index (χ3n) is 5.94. The van der Waals surface area contributed by atoms with Gasteiger partial charge in [-0.1, -0.05) is 6.07 Å². The number of ketones is 1. The third kappa shape index (κ3) is 3.85. The molecule has 2 aromatic rings. The Labute approximate surface area is 183 Å². The Morgan fingerprint density at radius 3 is 2.31 bits per heavy atom. The Bertz CT molecular complexity index is 1090. The first kappa shape index (κ1) is 21.9. The van der Waals surface area contributed by atoms with E-state index >= 15 is 0 Å². The average molecular weight is 445 g/mol. The predicted molar refractivity (Wildman–Crippen MR) is 112 cm³/mol. The molecule has 0 saturated carbocycles. The van der Waals surface area contributed by atoms with Crippen molar-refractivity contribution in [3.05, 3.63) is 64.9 Å². The molecule has 0 N–H and O–H groups in total. The van der Waals surface area contributed by atoms with E-state index in [1.54, 1.807) is 18.2 Å². The monoisotopic (exact) mass is 445 g/mol. The molecule has 0 fully saturated rings. The van der Waals surface area contributed by atoms with Crippen LogP contribution in [-0.4, -0.2) is 25.9 Å². The van der Waals surface area contributed by atoms with Gasteiger partial charge in [0.1, 0.15) is 11.5 Å². The smallest absolute Gasteiger partial charge is 0.416 e. The maximum absolute atomic E-state index is 13.2. The fourth-order valence-electron chi connectivity index (χ4n) is 4.46. The number of ether oxygens (including phenoxy) is 2. The van der Waals surface area contributed by atoms with Gasteiger partial charge in [-0.05, 0) is 43.2 Å². The number of allylic oxidation sites excluding steroid dienone is 2. The molecule has 1 heterocycles. The van der Waals surface area contributed by atoms with Crippen molar-refractivity contribution in [2.45, 2.75) is 37.8 Å². The molecule has 0 aromatic heterocycles. The summed E-state index contributed by atoms with van der Waals surface area (Å²) in [7, 11) is 3.04. The minimum absolute atomic E-state index is 0.00822. The lowest BCUT2D eigenvalue weighted by molar-refractivity contribution is -0.137. The van der Waals surface area contributed by atoms with Gasteiger partial charge in [0.2, 0.25) is 5.91 Å². The van der Waals surface area contributed by atoms with Crippen LogP contribution in [0.15, 0.2) is 53.7 Å². The van der Waals surface area contributed by atoms with Crippen LogP contribution in [-0.2, 0) is 15.8 Å². The van der Waals surface area contributed by atoms with Gasteiger partial charge in [0.15, 0.2) is 5.78 Å². The molecule has 2 aliphatic rings. The van der Waals surface area contributed by atoms with Crippen LogP contribution in [0.3, 0.4) is 0 Å². The Kier molecular flexibility index (Phi) is 5.71. The molecule has 0 spiro atoms. The molecule has 8 heteroatoms. The van der Waals surface area contributed by atoms with Crippen LogP contribution < -0.4 is 14.4 Å². The number of carbonyl (C=O) groups excluding carboxylic acids is 2. The van der Waals surface area contributed by atoms with Crippen LogP contribution >= 0.6 is 0 Å². The number of nitrogens with zero attached hydrogens (tertiary/aromatic N) is 1. The second-order valence-electron chi connectivity index (χ2n) is 7.78. The van der Waals surface area contributed by atoms with E-state index < -0.39 is 17.7 Å². The van der Waals surface area contributed by atoms with Crippen LogP contribution in [0, 0.1) is 0 Å². The first-order valence-corrected chi connectivity index (χ1v) is 10.2. The zero-order valence-corrected chi connectivity index (χ0v) is 17.7. The number of alkyl halides is 3. The number of hydrogen-bond donors (Lipinski definition) is 0. The number of hydrogen-bond acceptors (Lipinski definition) is 4. The van der Waals surface area contributed by atoms with Gasteiger partial charge in [0.05, 0.1) is 19.8 Å². The van der Waals surface area contributed by atoms with E-state index in [0.29, 0.717) is 53.3 Å². The lowest BCUT2D eigenvalue weighted by atomic mass is 9.76. The topological polar surface area (TPSA) is 55.8 Å². The quantitative estimate of drug-likeness (QED) is 0.645. The second-order valence-corrected chi connectivity index (χ2v) is 7.78. The molecule has 1 aliphatic heterocycles. The Morgan fingerprint density at radius 2 is 1.69 bits per heavy atom. The fraction of sp³-hybridized carbons (Fsp3) is 0.333. The van der Waals surface area contributed by atoms with Crippen molar-refractivity contribution in [3.8, 4) is 11.5 Å². The number of methoxy groups -OCH3 is 2. The molecule has 1 amide bonds. The number of rotatable bonds is 4. The summed E-state index contributed by atoms with van der Waals surface area (Å²) in [6.45, 7) is 0. The first-order valence-electron chi connectivity index (χ1n) is 10.2. The Morgan fingerprint density at radius 1 is 0.969 bits per heavy atom. The van der Waals surface area contributed by atoms with E-state index in [1.807, 2.05) is 0 Å². The zero-order chi connectivity index (χ0) is 23.0. The van der Waals surface area contributed by atoms with Crippen molar-refractivity contribution in [1.29, 1.82) is 0 Å². The maximum atomic E-state index is 13.2. The molecule has 2 aromatic carbocycles. The average Bonchev–Trinajstić information content (AvgIpc) is 2.77. The molecule has 168 valence electrons. The fourth-order valence-corrected chi connectivity index (χ4v) is 4.46. The molecule has 5 nitrogen and oxygen atoms in total. The lowest BCUT2D eigenvalue weighted by Crippen LogP contribution is -2.40. The highest BCUT2D eigenvalue weighted by Gasteiger charge is 2.41. The predicted octanol–water partition coefficient (Wildman–Crippen LogP) is 5.25. The van der Waals surface area contributed by atoms with Crippen molar-refractivity contribution in [1.82, 2.24) is 0 Å².